The molecule has 2 N–H and O–H groups in total. The van der Waals surface area contributed by atoms with Crippen LogP contribution in [-0.4, -0.2) is 13.1 Å². The molecule has 3 nitrogen and oxygen atoms in total. The van der Waals surface area contributed by atoms with Gasteiger partial charge in [0, 0.05) is 15.5 Å². The van der Waals surface area contributed by atoms with Crippen molar-refractivity contribution >= 4 is 23.4 Å². The standard InChI is InChI=1S/C14H12FNO2S/c1-18-14(17)9-5-6-13(12(16)7-9)19-11-4-2-3-10(15)8-11/h2-8H,16H2,1H3. The second-order valence-corrected chi connectivity index (χ2v) is 4.92. The summed E-state index contributed by atoms with van der Waals surface area (Å²) in [5.41, 5.74) is 6.73. The molecule has 0 bridgehead atoms. The van der Waals surface area contributed by atoms with Crippen LogP contribution in [-0.2, 0) is 4.74 Å². The molecular weight excluding hydrogens is 265 g/mol. The van der Waals surface area contributed by atoms with Crippen LogP contribution in [0.2, 0.25) is 0 Å². The Morgan fingerprint density at radius 1 is 1.26 bits per heavy atom. The molecule has 98 valence electrons. The fourth-order valence-corrected chi connectivity index (χ4v) is 2.43. The van der Waals surface area contributed by atoms with Gasteiger partial charge in [-0.15, -0.1) is 0 Å². The largest absolute Gasteiger partial charge is 0.465 e. The number of rotatable bonds is 3. The fourth-order valence-electron chi connectivity index (χ4n) is 1.54. The first-order valence-corrected chi connectivity index (χ1v) is 6.33. The Kier molecular flexibility index (Phi) is 4.06. The van der Waals surface area contributed by atoms with Gasteiger partial charge in [-0.3, -0.25) is 0 Å². The van der Waals surface area contributed by atoms with E-state index in [0.29, 0.717) is 11.3 Å². The molecule has 0 atom stereocenters. The first-order valence-electron chi connectivity index (χ1n) is 5.51. The molecule has 0 aliphatic rings. The maximum absolute atomic E-state index is 13.1. The van der Waals surface area contributed by atoms with Crippen LogP contribution >= 0.6 is 11.8 Å². The monoisotopic (exact) mass is 277 g/mol. The van der Waals surface area contributed by atoms with Crippen molar-refractivity contribution in [1.29, 1.82) is 0 Å². The predicted molar refractivity (Wildman–Crippen MR) is 72.7 cm³/mol. The molecule has 0 heterocycles. The summed E-state index contributed by atoms with van der Waals surface area (Å²) in [6, 6.07) is 11.1. The molecule has 0 saturated carbocycles. The third-order valence-electron chi connectivity index (χ3n) is 2.45. The number of carbonyl (C=O) groups excluding carboxylic acids is 1. The molecule has 0 saturated heterocycles. The number of hydrogen-bond donors (Lipinski definition) is 1. The average molecular weight is 277 g/mol. The van der Waals surface area contributed by atoms with Crippen molar-refractivity contribution in [3.8, 4) is 0 Å². The zero-order valence-corrected chi connectivity index (χ0v) is 11.0. The van der Waals surface area contributed by atoms with E-state index in [1.165, 1.54) is 31.0 Å². The SMILES string of the molecule is COC(=O)c1ccc(Sc2cccc(F)c2)c(N)c1. The Morgan fingerprint density at radius 2 is 2.05 bits per heavy atom. The predicted octanol–water partition coefficient (Wildman–Crippen LogP) is 3.35. The Hall–Kier alpha value is -2.01. The van der Waals surface area contributed by atoms with Crippen molar-refractivity contribution in [2.45, 2.75) is 9.79 Å². The zero-order valence-electron chi connectivity index (χ0n) is 10.2. The van der Waals surface area contributed by atoms with Crippen molar-refractivity contribution in [1.82, 2.24) is 0 Å². The zero-order chi connectivity index (χ0) is 13.8. The number of hydrogen-bond acceptors (Lipinski definition) is 4. The molecule has 0 fully saturated rings. The van der Waals surface area contributed by atoms with E-state index in [0.717, 1.165) is 9.79 Å². The number of ether oxygens (including phenoxy) is 1. The summed E-state index contributed by atoms with van der Waals surface area (Å²) in [7, 11) is 1.31. The number of methoxy groups -OCH3 is 1. The van der Waals surface area contributed by atoms with Crippen LogP contribution in [0.25, 0.3) is 0 Å². The van der Waals surface area contributed by atoms with E-state index in [1.54, 1.807) is 30.3 Å². The van der Waals surface area contributed by atoms with Gasteiger partial charge < -0.3 is 10.5 Å². The van der Waals surface area contributed by atoms with Gasteiger partial charge in [0.15, 0.2) is 0 Å². The minimum Gasteiger partial charge on any atom is -0.465 e. The first-order chi connectivity index (χ1) is 9.10. The summed E-state index contributed by atoms with van der Waals surface area (Å²) in [5.74, 6) is -0.733. The number of anilines is 1. The minimum absolute atomic E-state index is 0.297. The van der Waals surface area contributed by atoms with Gasteiger partial charge in [-0.1, -0.05) is 17.8 Å². The Morgan fingerprint density at radius 3 is 2.68 bits per heavy atom. The molecule has 0 aliphatic heterocycles. The summed E-state index contributed by atoms with van der Waals surface area (Å²) < 4.78 is 17.7. The van der Waals surface area contributed by atoms with Crippen LogP contribution in [0.1, 0.15) is 10.4 Å². The molecule has 19 heavy (non-hydrogen) atoms. The number of benzene rings is 2. The van der Waals surface area contributed by atoms with Gasteiger partial charge in [-0.05, 0) is 36.4 Å². The highest BCUT2D eigenvalue weighted by Crippen LogP contribution is 2.32. The van der Waals surface area contributed by atoms with Gasteiger partial charge in [0.05, 0.1) is 12.7 Å². The van der Waals surface area contributed by atoms with Crippen LogP contribution in [0.15, 0.2) is 52.3 Å². The molecule has 0 aliphatic carbocycles. The van der Waals surface area contributed by atoms with Gasteiger partial charge in [0.2, 0.25) is 0 Å². The number of nitrogens with two attached hydrogens (primary N) is 1. The minimum atomic E-state index is -0.436. The molecule has 0 aromatic heterocycles. The Bertz CT molecular complexity index is 616. The normalized spacial score (nSPS) is 10.2. The quantitative estimate of drug-likeness (QED) is 0.690. The fraction of sp³-hybridized carbons (Fsp3) is 0.0714. The Balaban J connectivity index is 2.24. The van der Waals surface area contributed by atoms with E-state index < -0.39 is 5.97 Å². The van der Waals surface area contributed by atoms with Crippen LogP contribution in [0.3, 0.4) is 0 Å². The van der Waals surface area contributed by atoms with Crippen LogP contribution in [0.4, 0.5) is 10.1 Å². The molecule has 0 radical (unpaired) electrons. The van der Waals surface area contributed by atoms with Crippen molar-refractivity contribution < 1.29 is 13.9 Å². The lowest BCUT2D eigenvalue weighted by Gasteiger charge is -2.07. The Labute approximate surface area is 114 Å². The van der Waals surface area contributed by atoms with E-state index in [-0.39, 0.29) is 5.82 Å². The maximum Gasteiger partial charge on any atom is 0.337 e. The smallest absolute Gasteiger partial charge is 0.337 e. The van der Waals surface area contributed by atoms with Crippen molar-refractivity contribution in [3.05, 3.63) is 53.8 Å². The van der Waals surface area contributed by atoms with Gasteiger partial charge in [-0.25, -0.2) is 9.18 Å². The molecule has 0 amide bonds. The maximum atomic E-state index is 13.1. The summed E-state index contributed by atoms with van der Waals surface area (Å²) in [4.78, 5) is 12.9. The summed E-state index contributed by atoms with van der Waals surface area (Å²) >= 11 is 1.34. The van der Waals surface area contributed by atoms with Crippen molar-refractivity contribution in [3.63, 3.8) is 0 Å². The van der Waals surface area contributed by atoms with Crippen LogP contribution < -0.4 is 5.73 Å². The summed E-state index contributed by atoms with van der Waals surface area (Å²) in [5, 5.41) is 0. The van der Waals surface area contributed by atoms with Crippen molar-refractivity contribution in [2.75, 3.05) is 12.8 Å². The number of esters is 1. The number of carbonyl (C=O) groups is 1. The molecule has 0 unspecified atom stereocenters. The lowest BCUT2D eigenvalue weighted by atomic mass is 10.2. The first kappa shape index (κ1) is 13.4. The van der Waals surface area contributed by atoms with Crippen LogP contribution in [0, 0.1) is 5.82 Å². The van der Waals surface area contributed by atoms with E-state index in [2.05, 4.69) is 4.74 Å². The van der Waals surface area contributed by atoms with Gasteiger partial charge in [0.1, 0.15) is 5.82 Å². The van der Waals surface area contributed by atoms with Crippen LogP contribution in [0.5, 0.6) is 0 Å². The highest BCUT2D eigenvalue weighted by Gasteiger charge is 2.09. The lowest BCUT2D eigenvalue weighted by molar-refractivity contribution is 0.0600. The topological polar surface area (TPSA) is 52.3 Å². The van der Waals surface area contributed by atoms with Gasteiger partial charge in [-0.2, -0.15) is 0 Å². The van der Waals surface area contributed by atoms with E-state index >= 15 is 0 Å². The molecule has 2 aromatic rings. The summed E-state index contributed by atoms with van der Waals surface area (Å²) in [6.07, 6.45) is 0. The molecule has 0 spiro atoms. The number of halogens is 1. The summed E-state index contributed by atoms with van der Waals surface area (Å²) in [6.45, 7) is 0. The number of nitrogen functional groups attached to an aromatic ring is 1. The molecule has 2 rings (SSSR count). The van der Waals surface area contributed by atoms with E-state index in [1.807, 2.05) is 0 Å². The average Bonchev–Trinajstić information content (AvgIpc) is 2.40. The molecule has 2 aromatic carbocycles. The second-order valence-electron chi connectivity index (χ2n) is 3.80. The lowest BCUT2D eigenvalue weighted by Crippen LogP contribution is -2.02. The van der Waals surface area contributed by atoms with Gasteiger partial charge in [0.25, 0.3) is 0 Å². The van der Waals surface area contributed by atoms with Crippen molar-refractivity contribution in [2.24, 2.45) is 0 Å². The third-order valence-corrected chi connectivity index (χ3v) is 3.54. The third kappa shape index (κ3) is 3.26. The highest BCUT2D eigenvalue weighted by molar-refractivity contribution is 7.99. The second kappa shape index (κ2) is 5.75. The van der Waals surface area contributed by atoms with Gasteiger partial charge >= 0.3 is 5.97 Å². The van der Waals surface area contributed by atoms with E-state index in [4.69, 9.17) is 5.73 Å². The molecular formula is C14H12FNO2S. The highest BCUT2D eigenvalue weighted by atomic mass is 32.2. The molecule has 5 heteroatoms. The van der Waals surface area contributed by atoms with E-state index in [9.17, 15) is 9.18 Å².